The number of hydrogen-bond acceptors (Lipinski definition) is 4. The van der Waals surface area contributed by atoms with Gasteiger partial charge in [0.2, 0.25) is 0 Å². The second-order valence-corrected chi connectivity index (χ2v) is 2.56. The van der Waals surface area contributed by atoms with Gasteiger partial charge in [0.15, 0.2) is 0 Å². The monoisotopic (exact) mass is 172 g/mol. The molecule has 1 aromatic heterocycles. The first-order chi connectivity index (χ1) is 5.75. The molecule has 0 radical (unpaired) electrons. The van der Waals surface area contributed by atoms with Crippen LogP contribution in [0, 0.1) is 0 Å². The zero-order valence-electron chi connectivity index (χ0n) is 6.51. The molecule has 68 valence electrons. The summed E-state index contributed by atoms with van der Waals surface area (Å²) in [5.74, 6) is 0. The van der Waals surface area contributed by atoms with Crippen molar-refractivity contribution in [2.75, 3.05) is 6.61 Å². The highest BCUT2D eigenvalue weighted by atomic mass is 16.3. The van der Waals surface area contributed by atoms with Gasteiger partial charge in [0.05, 0.1) is 12.3 Å². The van der Waals surface area contributed by atoms with Crippen molar-refractivity contribution in [3.8, 4) is 0 Å². The van der Waals surface area contributed by atoms with Gasteiger partial charge in [-0.3, -0.25) is 5.10 Å². The topological polar surface area (TPSA) is 89.4 Å². The molecule has 5 nitrogen and oxygen atoms in total. The molecule has 0 fully saturated rings. The van der Waals surface area contributed by atoms with E-state index in [1.165, 1.54) is 12.4 Å². The summed E-state index contributed by atoms with van der Waals surface area (Å²) >= 11 is 0. The van der Waals surface area contributed by atoms with Gasteiger partial charge in [0.25, 0.3) is 0 Å². The third kappa shape index (κ3) is 2.04. The number of H-pyrrole nitrogens is 1. The van der Waals surface area contributed by atoms with Crippen molar-refractivity contribution in [2.24, 2.45) is 0 Å². The summed E-state index contributed by atoms with van der Waals surface area (Å²) in [7, 11) is 0. The summed E-state index contributed by atoms with van der Waals surface area (Å²) < 4.78 is 0. The van der Waals surface area contributed by atoms with Gasteiger partial charge in [-0.1, -0.05) is 0 Å². The molecule has 0 saturated carbocycles. The zero-order valence-corrected chi connectivity index (χ0v) is 6.51. The normalized spacial score (nSPS) is 15.9. The van der Waals surface area contributed by atoms with E-state index in [-0.39, 0.29) is 13.0 Å². The van der Waals surface area contributed by atoms with Gasteiger partial charge in [-0.2, -0.15) is 5.10 Å². The Kier molecular flexibility index (Phi) is 3.21. The van der Waals surface area contributed by atoms with Crippen molar-refractivity contribution < 1.29 is 15.3 Å². The molecule has 0 saturated heterocycles. The molecule has 0 amide bonds. The second kappa shape index (κ2) is 4.20. The fraction of sp³-hybridized carbons (Fsp3) is 0.571. The molecule has 5 heteroatoms. The molecule has 0 aliphatic heterocycles. The Morgan fingerprint density at radius 2 is 2.25 bits per heavy atom. The van der Waals surface area contributed by atoms with Crippen LogP contribution in [0.3, 0.4) is 0 Å². The number of rotatable bonds is 4. The lowest BCUT2D eigenvalue weighted by atomic mass is 10.1. The molecule has 1 rings (SSSR count). The van der Waals surface area contributed by atoms with E-state index in [4.69, 9.17) is 5.11 Å². The van der Waals surface area contributed by atoms with Gasteiger partial charge in [-0.05, 0) is 6.42 Å². The predicted molar refractivity (Wildman–Crippen MR) is 41.3 cm³/mol. The van der Waals surface area contributed by atoms with Crippen molar-refractivity contribution >= 4 is 0 Å². The van der Waals surface area contributed by atoms with Crippen LogP contribution in [0.25, 0.3) is 0 Å². The van der Waals surface area contributed by atoms with Crippen LogP contribution < -0.4 is 0 Å². The van der Waals surface area contributed by atoms with Gasteiger partial charge in [-0.25, -0.2) is 0 Å². The number of aromatic nitrogens is 2. The van der Waals surface area contributed by atoms with Crippen LogP contribution in [-0.2, 0) is 0 Å². The quantitative estimate of drug-likeness (QED) is 0.478. The van der Waals surface area contributed by atoms with Gasteiger partial charge in [0, 0.05) is 18.4 Å². The Morgan fingerprint density at radius 3 is 2.75 bits per heavy atom. The summed E-state index contributed by atoms with van der Waals surface area (Å²) in [6.07, 6.45) is 1.19. The summed E-state index contributed by atoms with van der Waals surface area (Å²) in [6.45, 7) is -0.143. The Morgan fingerprint density at radius 1 is 1.50 bits per heavy atom. The maximum absolute atomic E-state index is 9.39. The predicted octanol–water partition coefficient (Wildman–Crippen LogP) is -0.814. The minimum absolute atomic E-state index is 0.143. The van der Waals surface area contributed by atoms with Crippen LogP contribution in [-0.4, -0.2) is 38.2 Å². The third-order valence-electron chi connectivity index (χ3n) is 1.65. The van der Waals surface area contributed by atoms with E-state index in [1.54, 1.807) is 0 Å². The third-order valence-corrected chi connectivity index (χ3v) is 1.65. The fourth-order valence-electron chi connectivity index (χ4n) is 0.935. The molecule has 4 N–H and O–H groups in total. The van der Waals surface area contributed by atoms with Crippen molar-refractivity contribution in [1.82, 2.24) is 10.2 Å². The van der Waals surface area contributed by atoms with E-state index in [0.717, 1.165) is 0 Å². The molecule has 12 heavy (non-hydrogen) atoms. The van der Waals surface area contributed by atoms with Crippen LogP contribution in [0.5, 0.6) is 0 Å². The average Bonchev–Trinajstić information content (AvgIpc) is 2.55. The van der Waals surface area contributed by atoms with Crippen LogP contribution in [0.15, 0.2) is 12.4 Å². The number of aliphatic hydroxyl groups excluding tert-OH is 3. The first kappa shape index (κ1) is 9.18. The standard InChI is InChI=1S/C7H12N2O3/c10-2-1-6(11)7(12)5-3-8-9-4-5/h3-4,6-7,10-12H,1-2H2,(H,8,9). The molecule has 0 aliphatic carbocycles. The van der Waals surface area contributed by atoms with Crippen molar-refractivity contribution in [1.29, 1.82) is 0 Å². The summed E-state index contributed by atoms with van der Waals surface area (Å²) in [6, 6.07) is 0. The van der Waals surface area contributed by atoms with E-state index < -0.39 is 12.2 Å². The Bertz CT molecular complexity index is 212. The highest BCUT2D eigenvalue weighted by Crippen LogP contribution is 2.16. The lowest BCUT2D eigenvalue weighted by Crippen LogP contribution is -2.18. The average molecular weight is 172 g/mol. The number of nitrogens with one attached hydrogen (secondary N) is 1. The fourth-order valence-corrected chi connectivity index (χ4v) is 0.935. The first-order valence-electron chi connectivity index (χ1n) is 3.71. The molecule has 0 spiro atoms. The smallest absolute Gasteiger partial charge is 0.108 e. The molecule has 1 heterocycles. The maximum Gasteiger partial charge on any atom is 0.108 e. The van der Waals surface area contributed by atoms with E-state index in [9.17, 15) is 10.2 Å². The van der Waals surface area contributed by atoms with Crippen LogP contribution in [0.4, 0.5) is 0 Å². The largest absolute Gasteiger partial charge is 0.396 e. The van der Waals surface area contributed by atoms with Gasteiger partial charge in [-0.15, -0.1) is 0 Å². The van der Waals surface area contributed by atoms with Crippen molar-refractivity contribution in [2.45, 2.75) is 18.6 Å². The Balaban J connectivity index is 2.53. The lowest BCUT2D eigenvalue weighted by molar-refractivity contribution is 0.00423. The molecule has 2 unspecified atom stereocenters. The highest BCUT2D eigenvalue weighted by molar-refractivity contribution is 5.08. The number of aromatic amines is 1. The second-order valence-electron chi connectivity index (χ2n) is 2.56. The van der Waals surface area contributed by atoms with E-state index >= 15 is 0 Å². The van der Waals surface area contributed by atoms with Gasteiger partial charge >= 0.3 is 0 Å². The number of nitrogens with zero attached hydrogens (tertiary/aromatic N) is 1. The summed E-state index contributed by atoms with van der Waals surface area (Å²) in [5, 5.41) is 33.3. The molecular weight excluding hydrogens is 160 g/mol. The SMILES string of the molecule is OCCC(O)C(O)c1cn[nH]c1. The van der Waals surface area contributed by atoms with E-state index in [0.29, 0.717) is 5.56 Å². The number of hydrogen-bond donors (Lipinski definition) is 4. The molecule has 0 aromatic carbocycles. The molecule has 1 aromatic rings. The minimum Gasteiger partial charge on any atom is -0.396 e. The highest BCUT2D eigenvalue weighted by Gasteiger charge is 2.18. The molecule has 2 atom stereocenters. The molecule has 0 bridgehead atoms. The Hall–Kier alpha value is -0.910. The van der Waals surface area contributed by atoms with Crippen molar-refractivity contribution in [3.63, 3.8) is 0 Å². The first-order valence-corrected chi connectivity index (χ1v) is 3.71. The van der Waals surface area contributed by atoms with E-state index in [2.05, 4.69) is 10.2 Å². The van der Waals surface area contributed by atoms with Crippen LogP contribution in [0.1, 0.15) is 18.1 Å². The van der Waals surface area contributed by atoms with E-state index in [1.807, 2.05) is 0 Å². The summed E-state index contributed by atoms with van der Waals surface area (Å²) in [5.41, 5.74) is 0.524. The van der Waals surface area contributed by atoms with Gasteiger partial charge in [0.1, 0.15) is 6.10 Å². The van der Waals surface area contributed by atoms with Gasteiger partial charge < -0.3 is 15.3 Å². The minimum atomic E-state index is -0.976. The summed E-state index contributed by atoms with van der Waals surface area (Å²) in [4.78, 5) is 0. The molecular formula is C7H12N2O3. The van der Waals surface area contributed by atoms with Crippen LogP contribution in [0.2, 0.25) is 0 Å². The maximum atomic E-state index is 9.39. The Labute approximate surface area is 69.7 Å². The lowest BCUT2D eigenvalue weighted by Gasteiger charge is -2.14. The zero-order chi connectivity index (χ0) is 8.97. The van der Waals surface area contributed by atoms with Crippen molar-refractivity contribution in [3.05, 3.63) is 18.0 Å². The van der Waals surface area contributed by atoms with Crippen LogP contribution >= 0.6 is 0 Å². The molecule has 0 aliphatic rings. The number of aliphatic hydroxyl groups is 3.